The third-order valence-electron chi connectivity index (χ3n) is 3.93. The molecule has 1 atom stereocenters. The van der Waals surface area contributed by atoms with Gasteiger partial charge in [0.05, 0.1) is 23.1 Å². The van der Waals surface area contributed by atoms with E-state index in [0.29, 0.717) is 36.5 Å². The van der Waals surface area contributed by atoms with Gasteiger partial charge in [0.25, 0.3) is 0 Å². The third kappa shape index (κ3) is 4.00. The lowest BCUT2D eigenvalue weighted by molar-refractivity contribution is -0.124. The van der Waals surface area contributed by atoms with Crippen molar-refractivity contribution in [3.63, 3.8) is 0 Å². The third-order valence-corrected chi connectivity index (χ3v) is 5.69. The molecule has 1 aromatic carbocycles. The molecule has 0 radical (unpaired) electrons. The number of nitrogens with zero attached hydrogens (tertiary/aromatic N) is 1. The predicted molar refractivity (Wildman–Crippen MR) is 85.4 cm³/mol. The van der Waals surface area contributed by atoms with Gasteiger partial charge in [-0.2, -0.15) is 0 Å². The second kappa shape index (κ2) is 6.72. The first-order valence-corrected chi connectivity index (χ1v) is 9.43. The van der Waals surface area contributed by atoms with Crippen molar-refractivity contribution >= 4 is 15.7 Å². The molecule has 3 rings (SSSR count). The maximum Gasteiger partial charge on any atom is 0.226 e. The first-order chi connectivity index (χ1) is 11.4. The Morgan fingerprint density at radius 1 is 1.33 bits per heavy atom. The molecule has 2 heterocycles. The highest BCUT2D eigenvalue weighted by Crippen LogP contribution is 2.20. The van der Waals surface area contributed by atoms with Gasteiger partial charge in [-0.25, -0.2) is 17.8 Å². The first kappa shape index (κ1) is 16.6. The number of carbonyl (C=O) groups excluding carboxylic acids is 1. The molecule has 128 valence electrons. The Morgan fingerprint density at radius 2 is 2.08 bits per heavy atom. The highest BCUT2D eigenvalue weighted by Gasteiger charge is 2.32. The molecular formula is C16H17FN2O4S. The molecule has 1 fully saturated rings. The van der Waals surface area contributed by atoms with Gasteiger partial charge in [0.2, 0.25) is 11.8 Å². The number of aromatic nitrogens is 1. The number of benzene rings is 1. The summed E-state index contributed by atoms with van der Waals surface area (Å²) in [7, 11) is -3.06. The van der Waals surface area contributed by atoms with Gasteiger partial charge in [-0.3, -0.25) is 4.79 Å². The van der Waals surface area contributed by atoms with Gasteiger partial charge in [-0.1, -0.05) is 0 Å². The van der Waals surface area contributed by atoms with Gasteiger partial charge in [0, 0.05) is 18.5 Å². The molecule has 1 N–H and O–H groups in total. The number of carbonyl (C=O) groups is 1. The molecule has 1 aliphatic heterocycles. The smallest absolute Gasteiger partial charge is 0.226 e. The molecule has 2 aromatic rings. The van der Waals surface area contributed by atoms with Crippen molar-refractivity contribution in [1.82, 2.24) is 10.3 Å². The lowest BCUT2D eigenvalue weighted by Crippen LogP contribution is -2.32. The lowest BCUT2D eigenvalue weighted by atomic mass is 10.1. The standard InChI is InChI=1S/C16H17FN2O4S/c17-13-3-1-11(2-4-13)16-19-14(9-23-16)5-7-18-15(20)12-6-8-24(21,22)10-12/h1-4,9,12H,5-8,10H2,(H,18,20)/t12-/m0/s1. The van der Waals surface area contributed by atoms with E-state index in [2.05, 4.69) is 10.3 Å². The Hall–Kier alpha value is -2.22. The second-order valence-electron chi connectivity index (χ2n) is 5.79. The second-order valence-corrected chi connectivity index (χ2v) is 8.02. The molecule has 1 aromatic heterocycles. The number of nitrogens with one attached hydrogen (secondary N) is 1. The van der Waals surface area contributed by atoms with E-state index in [9.17, 15) is 17.6 Å². The fourth-order valence-electron chi connectivity index (χ4n) is 2.61. The van der Waals surface area contributed by atoms with Crippen LogP contribution in [0.1, 0.15) is 12.1 Å². The van der Waals surface area contributed by atoms with Gasteiger partial charge in [-0.15, -0.1) is 0 Å². The average molecular weight is 352 g/mol. The number of halogens is 1. The SMILES string of the molecule is O=C(NCCc1coc(-c2ccc(F)cc2)n1)[C@H]1CCS(=O)(=O)C1. The summed E-state index contributed by atoms with van der Waals surface area (Å²) in [6, 6.07) is 5.81. The molecule has 0 bridgehead atoms. The molecule has 0 spiro atoms. The van der Waals surface area contributed by atoms with Crippen LogP contribution >= 0.6 is 0 Å². The minimum Gasteiger partial charge on any atom is -0.444 e. The number of sulfone groups is 1. The van der Waals surface area contributed by atoms with Crippen LogP contribution in [-0.2, 0) is 21.1 Å². The van der Waals surface area contributed by atoms with E-state index >= 15 is 0 Å². The molecule has 1 aliphatic rings. The van der Waals surface area contributed by atoms with Crippen molar-refractivity contribution < 1.29 is 22.0 Å². The number of hydrogen-bond acceptors (Lipinski definition) is 5. The zero-order valence-electron chi connectivity index (χ0n) is 12.9. The molecule has 8 heteroatoms. The summed E-state index contributed by atoms with van der Waals surface area (Å²) in [5.74, 6) is -0.631. The predicted octanol–water partition coefficient (Wildman–Crippen LogP) is 1.57. The summed E-state index contributed by atoms with van der Waals surface area (Å²) >= 11 is 0. The normalized spacial score (nSPS) is 19.3. The van der Waals surface area contributed by atoms with E-state index < -0.39 is 15.8 Å². The van der Waals surface area contributed by atoms with Crippen LogP contribution in [0.2, 0.25) is 0 Å². The molecule has 0 aliphatic carbocycles. The maximum atomic E-state index is 12.9. The monoisotopic (exact) mass is 352 g/mol. The van der Waals surface area contributed by atoms with E-state index in [4.69, 9.17) is 4.42 Å². The molecule has 6 nitrogen and oxygen atoms in total. The van der Waals surface area contributed by atoms with Gasteiger partial charge in [0.15, 0.2) is 9.84 Å². The summed E-state index contributed by atoms with van der Waals surface area (Å²) in [5, 5.41) is 2.73. The Morgan fingerprint density at radius 3 is 2.75 bits per heavy atom. The molecule has 1 amide bonds. The number of rotatable bonds is 5. The average Bonchev–Trinajstić information content (AvgIpc) is 3.14. The zero-order valence-corrected chi connectivity index (χ0v) is 13.7. The van der Waals surface area contributed by atoms with E-state index in [1.807, 2.05) is 0 Å². The van der Waals surface area contributed by atoms with Crippen LogP contribution in [0.25, 0.3) is 11.5 Å². The Labute approximate surface area is 139 Å². The number of hydrogen-bond donors (Lipinski definition) is 1. The summed E-state index contributed by atoms with van der Waals surface area (Å²) in [6.45, 7) is 0.352. The molecule has 24 heavy (non-hydrogen) atoms. The van der Waals surface area contributed by atoms with Crippen LogP contribution in [-0.4, -0.2) is 37.4 Å². The Kier molecular flexibility index (Phi) is 4.66. The Bertz CT molecular complexity index is 830. The molecule has 0 unspecified atom stereocenters. The number of oxazole rings is 1. The van der Waals surface area contributed by atoms with Crippen molar-refractivity contribution in [1.29, 1.82) is 0 Å². The van der Waals surface area contributed by atoms with Crippen molar-refractivity contribution in [2.75, 3.05) is 18.1 Å². The van der Waals surface area contributed by atoms with Crippen molar-refractivity contribution in [2.24, 2.45) is 5.92 Å². The van der Waals surface area contributed by atoms with Gasteiger partial charge >= 0.3 is 0 Å². The van der Waals surface area contributed by atoms with Crippen LogP contribution in [0.4, 0.5) is 4.39 Å². The lowest BCUT2D eigenvalue weighted by Gasteiger charge is -2.08. The minimum absolute atomic E-state index is 0.0719. The Balaban J connectivity index is 1.51. The largest absolute Gasteiger partial charge is 0.444 e. The van der Waals surface area contributed by atoms with Crippen LogP contribution in [0.3, 0.4) is 0 Å². The minimum atomic E-state index is -3.06. The van der Waals surface area contributed by atoms with E-state index in [1.54, 1.807) is 12.1 Å². The van der Waals surface area contributed by atoms with Gasteiger partial charge in [0.1, 0.15) is 12.1 Å². The highest BCUT2D eigenvalue weighted by atomic mass is 32.2. The summed E-state index contributed by atoms with van der Waals surface area (Å²) in [6.07, 6.45) is 2.34. The van der Waals surface area contributed by atoms with E-state index in [1.165, 1.54) is 18.4 Å². The number of amides is 1. The van der Waals surface area contributed by atoms with E-state index in [-0.39, 0.29) is 23.2 Å². The maximum absolute atomic E-state index is 12.9. The van der Waals surface area contributed by atoms with Crippen LogP contribution in [0, 0.1) is 11.7 Å². The summed E-state index contributed by atoms with van der Waals surface area (Å²) in [5.41, 5.74) is 1.33. The summed E-state index contributed by atoms with van der Waals surface area (Å²) in [4.78, 5) is 16.2. The highest BCUT2D eigenvalue weighted by molar-refractivity contribution is 7.91. The zero-order chi connectivity index (χ0) is 17.2. The molecule has 0 saturated carbocycles. The summed E-state index contributed by atoms with van der Waals surface area (Å²) < 4.78 is 41.0. The topological polar surface area (TPSA) is 89.3 Å². The van der Waals surface area contributed by atoms with E-state index in [0.717, 1.165) is 0 Å². The molecular weight excluding hydrogens is 335 g/mol. The van der Waals surface area contributed by atoms with Crippen LogP contribution < -0.4 is 5.32 Å². The van der Waals surface area contributed by atoms with Gasteiger partial charge < -0.3 is 9.73 Å². The van der Waals surface area contributed by atoms with Gasteiger partial charge in [-0.05, 0) is 30.7 Å². The fourth-order valence-corrected chi connectivity index (χ4v) is 4.35. The molecule has 1 saturated heterocycles. The van der Waals surface area contributed by atoms with Crippen molar-refractivity contribution in [3.05, 3.63) is 42.0 Å². The fraction of sp³-hybridized carbons (Fsp3) is 0.375. The first-order valence-electron chi connectivity index (χ1n) is 7.61. The van der Waals surface area contributed by atoms with Crippen molar-refractivity contribution in [3.8, 4) is 11.5 Å². The van der Waals surface area contributed by atoms with Crippen LogP contribution in [0.5, 0.6) is 0 Å². The van der Waals surface area contributed by atoms with Crippen LogP contribution in [0.15, 0.2) is 34.9 Å². The quantitative estimate of drug-likeness (QED) is 0.882. The van der Waals surface area contributed by atoms with Crippen molar-refractivity contribution in [2.45, 2.75) is 12.8 Å².